The van der Waals surface area contributed by atoms with E-state index < -0.39 is 5.97 Å². The molecule has 0 heterocycles. The van der Waals surface area contributed by atoms with Crippen LogP contribution in [0.5, 0.6) is 5.75 Å². The maximum Gasteiger partial charge on any atom is 0.337 e. The van der Waals surface area contributed by atoms with Gasteiger partial charge in [0, 0.05) is 5.56 Å². The number of benzene rings is 3. The van der Waals surface area contributed by atoms with Crippen molar-refractivity contribution in [3.63, 3.8) is 0 Å². The van der Waals surface area contributed by atoms with Gasteiger partial charge < -0.3 is 14.8 Å². The minimum absolute atomic E-state index is 0.127. The summed E-state index contributed by atoms with van der Waals surface area (Å²) in [6.45, 7) is 0.198. The first-order chi connectivity index (χ1) is 14.1. The molecule has 3 aromatic rings. The smallest absolute Gasteiger partial charge is 0.337 e. The Balaban J connectivity index is 1.61. The third-order valence-electron chi connectivity index (χ3n) is 4.22. The van der Waals surface area contributed by atoms with Gasteiger partial charge in [-0.1, -0.05) is 60.1 Å². The van der Waals surface area contributed by atoms with E-state index in [0.29, 0.717) is 22.0 Å². The van der Waals surface area contributed by atoms with Crippen LogP contribution < -0.4 is 10.1 Å². The molecule has 0 aliphatic rings. The molecule has 0 atom stereocenters. The van der Waals surface area contributed by atoms with Crippen molar-refractivity contribution in [2.24, 2.45) is 0 Å². The number of nitrogens with one attached hydrogen (secondary N) is 1. The van der Waals surface area contributed by atoms with Crippen molar-refractivity contribution in [2.75, 3.05) is 19.0 Å². The molecule has 0 saturated heterocycles. The van der Waals surface area contributed by atoms with Crippen LogP contribution >= 0.6 is 11.6 Å². The molecule has 6 heteroatoms. The normalized spacial score (nSPS) is 10.3. The average Bonchev–Trinajstić information content (AvgIpc) is 2.75. The Kier molecular flexibility index (Phi) is 6.87. The van der Waals surface area contributed by atoms with Crippen LogP contribution in [0.25, 0.3) is 11.1 Å². The largest absolute Gasteiger partial charge is 0.492 e. The summed E-state index contributed by atoms with van der Waals surface area (Å²) in [6.07, 6.45) is 0.127. The molecule has 0 fully saturated rings. The maximum absolute atomic E-state index is 12.3. The molecule has 0 spiro atoms. The molecule has 0 saturated carbocycles. The molecule has 0 aromatic heterocycles. The molecule has 148 valence electrons. The Morgan fingerprint density at radius 1 is 0.966 bits per heavy atom. The summed E-state index contributed by atoms with van der Waals surface area (Å²) < 4.78 is 10.5. The van der Waals surface area contributed by atoms with Gasteiger partial charge in [-0.05, 0) is 29.8 Å². The van der Waals surface area contributed by atoms with E-state index in [1.165, 1.54) is 25.3 Å². The number of carbonyl (C=O) groups excluding carboxylic acids is 2. The zero-order valence-electron chi connectivity index (χ0n) is 15.9. The quantitative estimate of drug-likeness (QED) is 0.544. The minimum atomic E-state index is -0.502. The molecule has 3 aromatic carbocycles. The van der Waals surface area contributed by atoms with Gasteiger partial charge in [0.05, 0.1) is 36.4 Å². The van der Waals surface area contributed by atoms with Crippen LogP contribution in [0.4, 0.5) is 5.69 Å². The monoisotopic (exact) mass is 409 g/mol. The van der Waals surface area contributed by atoms with Gasteiger partial charge in [-0.2, -0.15) is 0 Å². The Morgan fingerprint density at radius 2 is 1.69 bits per heavy atom. The van der Waals surface area contributed by atoms with Crippen molar-refractivity contribution in [3.05, 3.63) is 83.4 Å². The molecule has 29 heavy (non-hydrogen) atoms. The van der Waals surface area contributed by atoms with Gasteiger partial charge in [-0.25, -0.2) is 4.79 Å². The first-order valence-corrected chi connectivity index (χ1v) is 9.41. The van der Waals surface area contributed by atoms with Crippen molar-refractivity contribution < 1.29 is 19.1 Å². The van der Waals surface area contributed by atoms with Gasteiger partial charge in [-0.3, -0.25) is 4.79 Å². The van der Waals surface area contributed by atoms with E-state index in [2.05, 4.69) is 10.1 Å². The topological polar surface area (TPSA) is 64.6 Å². The predicted octanol–water partition coefficient (Wildman–Crippen LogP) is 5.20. The lowest BCUT2D eigenvalue weighted by atomic mass is 10.1. The van der Waals surface area contributed by atoms with Gasteiger partial charge in [0.15, 0.2) is 0 Å². The summed E-state index contributed by atoms with van der Waals surface area (Å²) in [7, 11) is 1.29. The fourth-order valence-corrected chi connectivity index (χ4v) is 2.95. The molecule has 0 radical (unpaired) electrons. The maximum atomic E-state index is 12.3. The lowest BCUT2D eigenvalue weighted by molar-refractivity contribution is -0.116. The zero-order valence-corrected chi connectivity index (χ0v) is 16.6. The molecule has 3 rings (SSSR count). The van der Waals surface area contributed by atoms with Crippen molar-refractivity contribution in [2.45, 2.75) is 6.42 Å². The summed E-state index contributed by atoms with van der Waals surface area (Å²) in [5.74, 6) is -0.0682. The number of rotatable bonds is 7. The van der Waals surface area contributed by atoms with Crippen molar-refractivity contribution >= 4 is 29.2 Å². The summed E-state index contributed by atoms with van der Waals surface area (Å²) in [5.41, 5.74) is 2.66. The molecular formula is C23H20ClNO4. The predicted molar refractivity (Wildman–Crippen MR) is 113 cm³/mol. The number of amides is 1. The zero-order chi connectivity index (χ0) is 20.6. The van der Waals surface area contributed by atoms with E-state index in [4.69, 9.17) is 16.3 Å². The number of methoxy groups -OCH3 is 1. The average molecular weight is 410 g/mol. The molecule has 1 N–H and O–H groups in total. The lowest BCUT2D eigenvalue weighted by Gasteiger charge is -2.12. The number of para-hydroxylation sites is 1. The Morgan fingerprint density at radius 3 is 2.45 bits per heavy atom. The molecule has 0 unspecified atom stereocenters. The van der Waals surface area contributed by atoms with E-state index in [9.17, 15) is 9.59 Å². The molecular weight excluding hydrogens is 390 g/mol. The summed E-state index contributed by atoms with van der Waals surface area (Å²) in [4.78, 5) is 23.9. The van der Waals surface area contributed by atoms with Crippen molar-refractivity contribution in [1.29, 1.82) is 0 Å². The number of esters is 1. The van der Waals surface area contributed by atoms with Crippen molar-refractivity contribution in [1.82, 2.24) is 0 Å². The highest BCUT2D eigenvalue weighted by atomic mass is 35.5. The number of halogens is 1. The fourth-order valence-electron chi connectivity index (χ4n) is 2.78. The Bertz CT molecular complexity index is 1000. The standard InChI is InChI=1S/C23H20ClNO4/c1-28-23(27)17-11-12-19(24)20(15-17)25-22(26)13-14-29-21-10-6-5-9-18(21)16-7-3-2-4-8-16/h2-12,15H,13-14H2,1H3,(H,25,26). The third-order valence-corrected chi connectivity index (χ3v) is 4.55. The lowest BCUT2D eigenvalue weighted by Crippen LogP contribution is -2.16. The number of hydrogen-bond donors (Lipinski definition) is 1. The van der Waals surface area contributed by atoms with Crippen LogP contribution in [-0.4, -0.2) is 25.6 Å². The number of anilines is 1. The molecule has 0 aliphatic carbocycles. The highest BCUT2D eigenvalue weighted by Crippen LogP contribution is 2.29. The second-order valence-electron chi connectivity index (χ2n) is 6.20. The van der Waals surface area contributed by atoms with E-state index in [0.717, 1.165) is 11.1 Å². The number of hydrogen-bond acceptors (Lipinski definition) is 4. The molecule has 0 aliphatic heterocycles. The summed E-state index contributed by atoms with van der Waals surface area (Å²) in [5, 5.41) is 3.04. The summed E-state index contributed by atoms with van der Waals surface area (Å²) in [6, 6.07) is 22.1. The third kappa shape index (κ3) is 5.36. The second kappa shape index (κ2) is 9.75. The number of ether oxygens (including phenoxy) is 2. The minimum Gasteiger partial charge on any atom is -0.492 e. The highest BCUT2D eigenvalue weighted by molar-refractivity contribution is 6.33. The second-order valence-corrected chi connectivity index (χ2v) is 6.60. The van der Waals surface area contributed by atoms with Crippen LogP contribution in [0.15, 0.2) is 72.8 Å². The Hall–Kier alpha value is -3.31. The molecule has 5 nitrogen and oxygen atoms in total. The van der Waals surface area contributed by atoms with E-state index in [1.54, 1.807) is 0 Å². The van der Waals surface area contributed by atoms with Crippen LogP contribution in [0.2, 0.25) is 5.02 Å². The van der Waals surface area contributed by atoms with Crippen LogP contribution in [0.3, 0.4) is 0 Å². The number of carbonyl (C=O) groups is 2. The van der Waals surface area contributed by atoms with Crippen LogP contribution in [0, 0.1) is 0 Å². The SMILES string of the molecule is COC(=O)c1ccc(Cl)c(NC(=O)CCOc2ccccc2-c2ccccc2)c1. The van der Waals surface area contributed by atoms with E-state index in [-0.39, 0.29) is 18.9 Å². The molecule has 0 bridgehead atoms. The highest BCUT2D eigenvalue weighted by Gasteiger charge is 2.12. The van der Waals surface area contributed by atoms with Gasteiger partial charge in [0.1, 0.15) is 5.75 Å². The Labute approximate surface area is 174 Å². The van der Waals surface area contributed by atoms with Crippen molar-refractivity contribution in [3.8, 4) is 16.9 Å². The van der Waals surface area contributed by atoms with Gasteiger partial charge in [-0.15, -0.1) is 0 Å². The van der Waals surface area contributed by atoms with Gasteiger partial charge in [0.2, 0.25) is 5.91 Å². The summed E-state index contributed by atoms with van der Waals surface area (Å²) >= 11 is 6.11. The van der Waals surface area contributed by atoms with E-state index >= 15 is 0 Å². The van der Waals surface area contributed by atoms with Crippen LogP contribution in [-0.2, 0) is 9.53 Å². The first-order valence-electron chi connectivity index (χ1n) is 9.03. The molecule has 1 amide bonds. The van der Waals surface area contributed by atoms with Gasteiger partial charge >= 0.3 is 5.97 Å². The fraction of sp³-hybridized carbons (Fsp3) is 0.130. The first kappa shape index (κ1) is 20.4. The van der Waals surface area contributed by atoms with E-state index in [1.807, 2.05) is 54.6 Å². The van der Waals surface area contributed by atoms with Crippen LogP contribution in [0.1, 0.15) is 16.8 Å². The van der Waals surface area contributed by atoms with Gasteiger partial charge in [0.25, 0.3) is 0 Å².